The SMILES string of the molecule is CC/C=C\C/C=C\C/C=C\C/C=C\C/C=C\C/C=C\CCCCCCCCCCCCCCCCCCCCC(=O)NC(COC1OC(CO)C(OC2OC(CO)C(OC3OC(CO)C(O)C(O)C3O)C(O)C2O)C(O)C1O)C(O)/C=C/CC/C=C/CCCCC. The van der Waals surface area contributed by atoms with Gasteiger partial charge in [-0.25, -0.2) is 0 Å². The van der Waals surface area contributed by atoms with Gasteiger partial charge in [-0.3, -0.25) is 4.79 Å². The van der Waals surface area contributed by atoms with E-state index in [1.165, 1.54) is 103 Å². The second kappa shape index (κ2) is 52.9. The highest BCUT2D eigenvalue weighted by Crippen LogP contribution is 2.33. The molecule has 17 unspecified atom stereocenters. The molecule has 17 atom stereocenters. The Morgan fingerprint density at radius 2 is 0.769 bits per heavy atom. The first-order chi connectivity index (χ1) is 44.3. The van der Waals surface area contributed by atoms with Gasteiger partial charge in [0, 0.05) is 6.42 Å². The summed E-state index contributed by atoms with van der Waals surface area (Å²) in [7, 11) is 0. The van der Waals surface area contributed by atoms with Crippen molar-refractivity contribution in [3.63, 3.8) is 0 Å². The van der Waals surface area contributed by atoms with Crippen molar-refractivity contribution in [2.75, 3.05) is 26.4 Å². The molecule has 3 aliphatic heterocycles. The van der Waals surface area contributed by atoms with E-state index < -0.39 is 124 Å². The molecule has 0 aromatic carbocycles. The predicted octanol–water partition coefficient (Wildman–Crippen LogP) is 9.27. The number of allylic oxidation sites excluding steroid dienone is 15. The van der Waals surface area contributed by atoms with Gasteiger partial charge in [0.2, 0.25) is 5.91 Å². The van der Waals surface area contributed by atoms with Crippen LogP contribution in [0.2, 0.25) is 0 Å². The predicted molar refractivity (Wildman–Crippen MR) is 355 cm³/mol. The van der Waals surface area contributed by atoms with Gasteiger partial charge < -0.3 is 89.9 Å². The fourth-order valence-electron chi connectivity index (χ4n) is 11.2. The second-order valence-corrected chi connectivity index (χ2v) is 24.6. The minimum absolute atomic E-state index is 0.232. The third-order valence-electron chi connectivity index (χ3n) is 16.9. The van der Waals surface area contributed by atoms with Gasteiger partial charge in [-0.05, 0) is 83.5 Å². The van der Waals surface area contributed by atoms with Crippen LogP contribution >= 0.6 is 0 Å². The Hall–Kier alpha value is -3.29. The lowest BCUT2D eigenvalue weighted by Crippen LogP contribution is -2.66. The van der Waals surface area contributed by atoms with E-state index in [4.69, 9.17) is 28.4 Å². The summed E-state index contributed by atoms with van der Waals surface area (Å²) in [6, 6.07) is -0.991. The molecule has 12 N–H and O–H groups in total. The lowest BCUT2D eigenvalue weighted by atomic mass is 9.96. The van der Waals surface area contributed by atoms with Gasteiger partial charge in [-0.2, -0.15) is 0 Å². The van der Waals surface area contributed by atoms with Crippen molar-refractivity contribution in [3.05, 3.63) is 97.2 Å². The van der Waals surface area contributed by atoms with Crippen LogP contribution in [0.1, 0.15) is 219 Å². The van der Waals surface area contributed by atoms with Crippen molar-refractivity contribution in [1.82, 2.24) is 5.32 Å². The maximum Gasteiger partial charge on any atom is 0.220 e. The molecule has 3 saturated heterocycles. The topological polar surface area (TPSA) is 307 Å². The van der Waals surface area contributed by atoms with E-state index in [-0.39, 0.29) is 18.9 Å². The van der Waals surface area contributed by atoms with Crippen LogP contribution in [-0.4, -0.2) is 193 Å². The van der Waals surface area contributed by atoms with Gasteiger partial charge in [-0.15, -0.1) is 0 Å². The van der Waals surface area contributed by atoms with Crippen LogP contribution in [-0.2, 0) is 33.2 Å². The quantitative estimate of drug-likeness (QED) is 0.0199. The summed E-state index contributed by atoms with van der Waals surface area (Å²) in [6.45, 7) is 1.52. The van der Waals surface area contributed by atoms with Crippen LogP contribution in [0.5, 0.6) is 0 Å². The number of hydrogen-bond acceptors (Lipinski definition) is 18. The molecule has 1 amide bonds. The Balaban J connectivity index is 1.30. The van der Waals surface area contributed by atoms with Crippen LogP contribution in [0.3, 0.4) is 0 Å². The van der Waals surface area contributed by atoms with Crippen LogP contribution in [0.15, 0.2) is 97.2 Å². The normalized spacial score (nSPS) is 28.5. The highest BCUT2D eigenvalue weighted by atomic mass is 16.8. The first-order valence-electron chi connectivity index (χ1n) is 35.0. The van der Waals surface area contributed by atoms with E-state index >= 15 is 0 Å². The first kappa shape index (κ1) is 81.9. The number of aliphatic hydroxyl groups is 11. The molecule has 91 heavy (non-hydrogen) atoms. The molecule has 3 heterocycles. The van der Waals surface area contributed by atoms with Gasteiger partial charge in [0.05, 0.1) is 38.6 Å². The maximum absolute atomic E-state index is 13.3. The zero-order valence-corrected chi connectivity index (χ0v) is 55.3. The first-order valence-corrected chi connectivity index (χ1v) is 35.0. The van der Waals surface area contributed by atoms with Crippen molar-refractivity contribution < 1.29 is 89.4 Å². The van der Waals surface area contributed by atoms with Gasteiger partial charge in [0.25, 0.3) is 0 Å². The molecule has 0 aromatic heterocycles. The smallest absolute Gasteiger partial charge is 0.220 e. The Morgan fingerprint density at radius 1 is 0.407 bits per heavy atom. The average molecular weight is 1290 g/mol. The van der Waals surface area contributed by atoms with E-state index in [1.807, 2.05) is 6.08 Å². The molecule has 524 valence electrons. The summed E-state index contributed by atoms with van der Waals surface area (Å²) >= 11 is 0. The fraction of sp³-hybridized carbons (Fsp3) is 0.764. The third-order valence-corrected chi connectivity index (χ3v) is 16.9. The molecular formula is C72H123NO18. The van der Waals surface area contributed by atoms with E-state index in [1.54, 1.807) is 6.08 Å². The highest BCUT2D eigenvalue weighted by molar-refractivity contribution is 5.76. The number of rotatable bonds is 52. The summed E-state index contributed by atoms with van der Waals surface area (Å²) in [6.07, 6.45) is 43.0. The monoisotopic (exact) mass is 1290 g/mol. The highest BCUT2D eigenvalue weighted by Gasteiger charge is 2.53. The number of unbranched alkanes of at least 4 members (excludes halogenated alkanes) is 22. The summed E-state index contributed by atoms with van der Waals surface area (Å²) in [5.74, 6) is -0.290. The molecule has 0 bridgehead atoms. The molecule has 0 spiro atoms. The Bertz CT molecular complexity index is 2030. The molecule has 0 radical (unpaired) electrons. The number of ether oxygens (including phenoxy) is 6. The van der Waals surface area contributed by atoms with Crippen LogP contribution < -0.4 is 5.32 Å². The molecular weight excluding hydrogens is 1170 g/mol. The van der Waals surface area contributed by atoms with Gasteiger partial charge in [0.15, 0.2) is 18.9 Å². The van der Waals surface area contributed by atoms with E-state index in [2.05, 4.69) is 104 Å². The summed E-state index contributed by atoms with van der Waals surface area (Å²) in [5.41, 5.74) is 0. The number of aliphatic hydroxyl groups excluding tert-OH is 11. The van der Waals surface area contributed by atoms with Gasteiger partial charge in [-0.1, -0.05) is 227 Å². The number of carbonyl (C=O) groups is 1. The molecule has 19 heteroatoms. The van der Waals surface area contributed by atoms with E-state index in [9.17, 15) is 61.0 Å². The van der Waals surface area contributed by atoms with Crippen molar-refractivity contribution in [2.45, 2.75) is 324 Å². The molecule has 3 aliphatic rings. The number of amides is 1. The molecule has 0 aromatic rings. The number of nitrogens with one attached hydrogen (secondary N) is 1. The molecule has 3 fully saturated rings. The van der Waals surface area contributed by atoms with Crippen molar-refractivity contribution in [2.24, 2.45) is 0 Å². The van der Waals surface area contributed by atoms with Crippen LogP contribution in [0.25, 0.3) is 0 Å². The largest absolute Gasteiger partial charge is 0.394 e. The molecule has 19 nitrogen and oxygen atoms in total. The van der Waals surface area contributed by atoms with Crippen molar-refractivity contribution in [3.8, 4) is 0 Å². The van der Waals surface area contributed by atoms with E-state index in [0.717, 1.165) is 83.5 Å². The Kier molecular flexibility index (Phi) is 47.7. The number of carbonyl (C=O) groups excluding carboxylic acids is 1. The zero-order chi connectivity index (χ0) is 66.1. The van der Waals surface area contributed by atoms with Crippen molar-refractivity contribution in [1.29, 1.82) is 0 Å². The standard InChI is InChI=1S/C72H123NO18/c1-3-5-7-9-11-13-14-15-16-17-18-19-20-21-22-23-24-25-26-27-28-29-30-31-32-33-34-35-36-37-38-39-40-42-44-46-48-50-60(78)73-55(56(77)49-47-45-43-41-12-10-8-6-4-2)54-86-70-66(84)63(81)68(58(52-75)88-70)91-72-67(85)64(82)69(59(53-76)89-72)90-71-65(83)62(80)61(79)57(51-74)87-71/h5,7,11-13,15-16,18-19,21-22,24-25,41,47,49,55-59,61-72,74-77,79-85H,3-4,6,8-10,14,17,20,23,26-40,42-46,48,50-54H2,1-2H3,(H,73,78)/b7-5-,13-11-,16-15-,19-18-,22-21-,25-24-,41-12+,49-47+. The van der Waals surface area contributed by atoms with Gasteiger partial charge in [0.1, 0.15) is 73.2 Å². The van der Waals surface area contributed by atoms with Crippen LogP contribution in [0, 0.1) is 0 Å². The van der Waals surface area contributed by atoms with E-state index in [0.29, 0.717) is 12.8 Å². The fourth-order valence-corrected chi connectivity index (χ4v) is 11.2. The summed E-state index contributed by atoms with van der Waals surface area (Å²) in [5, 5.41) is 120. The summed E-state index contributed by atoms with van der Waals surface area (Å²) < 4.78 is 34.2. The minimum atomic E-state index is -1.98. The Morgan fingerprint density at radius 3 is 1.23 bits per heavy atom. The Labute approximate surface area is 545 Å². The molecule has 3 rings (SSSR count). The van der Waals surface area contributed by atoms with Crippen molar-refractivity contribution >= 4 is 5.91 Å². The lowest BCUT2D eigenvalue weighted by molar-refractivity contribution is -0.379. The average Bonchev–Trinajstić information content (AvgIpc) is 0.826. The van der Waals surface area contributed by atoms with Crippen LogP contribution in [0.4, 0.5) is 0 Å². The molecule has 0 aliphatic carbocycles. The van der Waals surface area contributed by atoms with Gasteiger partial charge >= 0.3 is 0 Å². The zero-order valence-electron chi connectivity index (χ0n) is 55.3. The minimum Gasteiger partial charge on any atom is -0.394 e. The number of hydrogen-bond donors (Lipinski definition) is 12. The second-order valence-electron chi connectivity index (χ2n) is 24.6. The molecule has 0 saturated carbocycles. The summed E-state index contributed by atoms with van der Waals surface area (Å²) in [4.78, 5) is 13.3. The maximum atomic E-state index is 13.3. The third kappa shape index (κ3) is 34.8. The lowest BCUT2D eigenvalue weighted by Gasteiger charge is -2.48.